The lowest BCUT2D eigenvalue weighted by molar-refractivity contribution is -0.286. The number of nitrogens with zero attached hydrogens (tertiary/aromatic N) is 3. The third-order valence-corrected chi connectivity index (χ3v) is 6.10. The second-order valence-electron chi connectivity index (χ2n) is 8.57. The van der Waals surface area contributed by atoms with E-state index < -0.39 is 18.0 Å². The Labute approximate surface area is 192 Å². The number of anilines is 5. The zero-order valence-corrected chi connectivity index (χ0v) is 17.9. The zero-order chi connectivity index (χ0) is 23.5. The highest BCUT2D eigenvalue weighted by atomic mass is 19.3. The number of hydrogen-bond donors (Lipinski definition) is 4. The summed E-state index contributed by atoms with van der Waals surface area (Å²) in [6.45, 7) is 2.00. The van der Waals surface area contributed by atoms with Gasteiger partial charge in [0.1, 0.15) is 17.7 Å². The predicted molar refractivity (Wildman–Crippen MR) is 117 cm³/mol. The topological polar surface area (TPSA) is 123 Å². The largest absolute Gasteiger partial charge is 0.586 e. The Morgan fingerprint density at radius 3 is 2.41 bits per heavy atom. The van der Waals surface area contributed by atoms with Crippen LogP contribution in [-0.2, 0) is 0 Å². The first-order chi connectivity index (χ1) is 16.3. The molecule has 2 aromatic carbocycles. The van der Waals surface area contributed by atoms with Crippen LogP contribution < -0.4 is 30.2 Å². The van der Waals surface area contributed by atoms with Gasteiger partial charge in [-0.1, -0.05) is 0 Å². The molecule has 3 aromatic rings. The van der Waals surface area contributed by atoms with Crippen molar-refractivity contribution in [1.82, 2.24) is 15.0 Å². The molecular weight excluding hydrogens is 450 g/mol. The van der Waals surface area contributed by atoms with Gasteiger partial charge in [-0.25, -0.2) is 9.97 Å². The van der Waals surface area contributed by atoms with E-state index in [1.807, 2.05) is 25.1 Å². The van der Waals surface area contributed by atoms with Crippen molar-refractivity contribution in [2.24, 2.45) is 0 Å². The van der Waals surface area contributed by atoms with E-state index in [4.69, 9.17) is 4.74 Å². The first-order valence-corrected chi connectivity index (χ1v) is 10.7. The van der Waals surface area contributed by atoms with Gasteiger partial charge < -0.3 is 35.3 Å². The summed E-state index contributed by atoms with van der Waals surface area (Å²) in [5, 5.41) is 19.7. The van der Waals surface area contributed by atoms with E-state index in [0.717, 1.165) is 12.1 Å². The number of aliphatic hydroxyl groups is 1. The smallest absolute Gasteiger partial charge is 0.483 e. The van der Waals surface area contributed by atoms with Crippen LogP contribution in [0, 0.1) is 0 Å². The number of fused-ring (bicyclic) bond motifs is 3. The summed E-state index contributed by atoms with van der Waals surface area (Å²) >= 11 is 0. The molecule has 4 N–H and O–H groups in total. The molecule has 0 amide bonds. The van der Waals surface area contributed by atoms with Crippen molar-refractivity contribution < 1.29 is 28.1 Å². The maximum atomic E-state index is 13.2. The molecule has 0 bridgehead atoms. The number of hydrogen-bond acceptors (Lipinski definition) is 10. The normalized spacial score (nSPS) is 25.5. The molecular formula is C22H20F2N6O4. The average Bonchev–Trinajstić information content (AvgIpc) is 3.26. The number of alkyl halides is 2. The molecule has 0 spiro atoms. The van der Waals surface area contributed by atoms with E-state index in [9.17, 15) is 13.9 Å². The van der Waals surface area contributed by atoms with Gasteiger partial charge in [-0.15, -0.1) is 8.78 Å². The molecule has 3 unspecified atom stereocenters. The van der Waals surface area contributed by atoms with Gasteiger partial charge in [0.25, 0.3) is 0 Å². The molecule has 6 rings (SSSR count). The average molecular weight is 470 g/mol. The van der Waals surface area contributed by atoms with Crippen LogP contribution in [0.4, 0.5) is 37.7 Å². The van der Waals surface area contributed by atoms with Crippen LogP contribution in [0.25, 0.3) is 0 Å². The number of aromatic nitrogens is 3. The third kappa shape index (κ3) is 3.65. The highest BCUT2D eigenvalue weighted by molar-refractivity contribution is 5.69. The van der Waals surface area contributed by atoms with Crippen LogP contribution in [0.2, 0.25) is 0 Å². The molecule has 1 aromatic heterocycles. The lowest BCUT2D eigenvalue weighted by atomic mass is 9.96. The molecule has 1 fully saturated rings. The van der Waals surface area contributed by atoms with Crippen molar-refractivity contribution in [2.75, 3.05) is 16.0 Å². The minimum atomic E-state index is -3.69. The predicted octanol–water partition coefficient (Wildman–Crippen LogP) is 3.77. The molecule has 1 saturated carbocycles. The fourth-order valence-corrected chi connectivity index (χ4v) is 4.46. The second-order valence-corrected chi connectivity index (χ2v) is 8.57. The first-order valence-electron chi connectivity index (χ1n) is 10.7. The lowest BCUT2D eigenvalue weighted by Crippen LogP contribution is -2.51. The van der Waals surface area contributed by atoms with Crippen LogP contribution >= 0.6 is 0 Å². The van der Waals surface area contributed by atoms with Crippen molar-refractivity contribution >= 4 is 29.0 Å². The van der Waals surface area contributed by atoms with Gasteiger partial charge in [0, 0.05) is 17.4 Å². The SMILES string of the molecule is CC12CCC(O)C1Nc1cc(Nc3ncnc(Nc4ccc5c(c4)OC(F)(F)O5)n3)ccc1O2. The third-order valence-electron chi connectivity index (χ3n) is 6.10. The fourth-order valence-electron chi connectivity index (χ4n) is 4.46. The minimum absolute atomic E-state index is 0.0519. The number of rotatable bonds is 4. The summed E-state index contributed by atoms with van der Waals surface area (Å²) in [7, 11) is 0. The number of ether oxygens (including phenoxy) is 3. The van der Waals surface area contributed by atoms with E-state index >= 15 is 0 Å². The van der Waals surface area contributed by atoms with Gasteiger partial charge >= 0.3 is 6.29 Å². The molecule has 3 aliphatic rings. The van der Waals surface area contributed by atoms with Crippen LogP contribution in [0.3, 0.4) is 0 Å². The number of benzene rings is 2. The maximum Gasteiger partial charge on any atom is 0.586 e. The molecule has 3 heterocycles. The van der Waals surface area contributed by atoms with Crippen LogP contribution in [0.1, 0.15) is 19.8 Å². The molecule has 1 aliphatic carbocycles. The summed E-state index contributed by atoms with van der Waals surface area (Å²) in [5.41, 5.74) is 1.46. The second kappa shape index (κ2) is 7.29. The molecule has 2 aliphatic heterocycles. The number of halogens is 2. The first kappa shape index (κ1) is 20.7. The highest BCUT2D eigenvalue weighted by Gasteiger charge is 2.49. The Morgan fingerprint density at radius 1 is 0.971 bits per heavy atom. The van der Waals surface area contributed by atoms with Gasteiger partial charge in [0.05, 0.1) is 17.8 Å². The molecule has 3 atom stereocenters. The highest BCUT2D eigenvalue weighted by Crippen LogP contribution is 2.45. The zero-order valence-electron chi connectivity index (χ0n) is 17.9. The molecule has 10 nitrogen and oxygen atoms in total. The van der Waals surface area contributed by atoms with E-state index in [0.29, 0.717) is 23.5 Å². The summed E-state index contributed by atoms with van der Waals surface area (Å²) in [6, 6.07) is 9.63. The molecule has 34 heavy (non-hydrogen) atoms. The maximum absolute atomic E-state index is 13.2. The van der Waals surface area contributed by atoms with E-state index in [1.54, 1.807) is 6.07 Å². The van der Waals surface area contributed by atoms with Crippen molar-refractivity contribution in [2.45, 2.75) is 43.8 Å². The van der Waals surface area contributed by atoms with Crippen molar-refractivity contribution in [3.8, 4) is 17.2 Å². The number of nitrogens with one attached hydrogen (secondary N) is 3. The van der Waals surface area contributed by atoms with Crippen LogP contribution in [0.15, 0.2) is 42.7 Å². The number of aliphatic hydroxyl groups excluding tert-OH is 1. The quantitative estimate of drug-likeness (QED) is 0.448. The van der Waals surface area contributed by atoms with E-state index in [-0.39, 0.29) is 29.4 Å². The van der Waals surface area contributed by atoms with Gasteiger partial charge in [-0.3, -0.25) is 0 Å². The summed E-state index contributed by atoms with van der Waals surface area (Å²) < 4.78 is 41.5. The van der Waals surface area contributed by atoms with Gasteiger partial charge in [-0.2, -0.15) is 4.98 Å². The van der Waals surface area contributed by atoms with Crippen LogP contribution in [0.5, 0.6) is 17.2 Å². The summed E-state index contributed by atoms with van der Waals surface area (Å²) in [4.78, 5) is 12.5. The molecule has 0 saturated heterocycles. The Kier molecular flexibility index (Phi) is 4.43. The molecule has 176 valence electrons. The standard InChI is InChI=1S/C22H20F2N6O4/c1-21-7-6-14(31)18(21)29-13-8-11(2-4-15(13)32-21)27-19-25-10-26-20(30-19)28-12-3-5-16-17(9-12)34-22(23,24)33-16/h2-5,8-10,14,18,29,31H,6-7H2,1H3,(H2,25,26,27,28,30). The van der Waals surface area contributed by atoms with Gasteiger partial charge in [0.15, 0.2) is 11.5 Å². The molecule has 0 radical (unpaired) electrons. The van der Waals surface area contributed by atoms with Crippen LogP contribution in [-0.4, -0.2) is 44.1 Å². The van der Waals surface area contributed by atoms with Gasteiger partial charge in [0.2, 0.25) is 11.9 Å². The van der Waals surface area contributed by atoms with Crippen molar-refractivity contribution in [3.63, 3.8) is 0 Å². The Bertz CT molecular complexity index is 1280. The minimum Gasteiger partial charge on any atom is -0.483 e. The summed E-state index contributed by atoms with van der Waals surface area (Å²) in [5.74, 6) is 1.04. The molecule has 12 heteroatoms. The Morgan fingerprint density at radius 2 is 1.65 bits per heavy atom. The monoisotopic (exact) mass is 470 g/mol. The van der Waals surface area contributed by atoms with Crippen molar-refractivity contribution in [1.29, 1.82) is 0 Å². The Hall–Kier alpha value is -3.93. The fraction of sp³-hybridized carbons (Fsp3) is 0.318. The van der Waals surface area contributed by atoms with Gasteiger partial charge in [-0.05, 0) is 50.1 Å². The lowest BCUT2D eigenvalue weighted by Gasteiger charge is -2.40. The van der Waals surface area contributed by atoms with E-state index in [2.05, 4.69) is 40.4 Å². The van der Waals surface area contributed by atoms with Crippen molar-refractivity contribution in [3.05, 3.63) is 42.7 Å². The van der Waals surface area contributed by atoms with E-state index in [1.165, 1.54) is 18.5 Å². The Balaban J connectivity index is 1.18. The summed E-state index contributed by atoms with van der Waals surface area (Å²) in [6.07, 6.45) is -1.39.